The lowest BCUT2D eigenvalue weighted by Crippen LogP contribution is -2.54. The molecular formula is C17H20N2O3S. The molecular weight excluding hydrogens is 312 g/mol. The lowest BCUT2D eigenvalue weighted by Gasteiger charge is -2.36. The third-order valence-corrected chi connectivity index (χ3v) is 5.39. The first kappa shape index (κ1) is 16.1. The topological polar surface area (TPSA) is 66.5 Å². The molecule has 0 radical (unpaired) electrons. The molecule has 1 aromatic carbocycles. The van der Waals surface area contributed by atoms with E-state index in [1.807, 2.05) is 25.1 Å². The van der Waals surface area contributed by atoms with Crippen molar-refractivity contribution in [2.24, 2.45) is 0 Å². The summed E-state index contributed by atoms with van der Waals surface area (Å²) in [6.45, 7) is 1.90. The van der Waals surface area contributed by atoms with Crippen LogP contribution < -0.4 is 5.32 Å². The number of nitrogens with zero attached hydrogens (tertiary/aromatic N) is 1. The number of carbonyl (C=O) groups excluding carboxylic acids is 3. The minimum atomic E-state index is -0.216. The van der Waals surface area contributed by atoms with Crippen molar-refractivity contribution in [1.29, 1.82) is 0 Å². The van der Waals surface area contributed by atoms with E-state index in [-0.39, 0.29) is 34.9 Å². The van der Waals surface area contributed by atoms with Gasteiger partial charge in [-0.15, -0.1) is 0 Å². The molecule has 5 nitrogen and oxygen atoms in total. The minimum absolute atomic E-state index is 0.133. The van der Waals surface area contributed by atoms with Gasteiger partial charge in [0.25, 0.3) is 11.1 Å². The molecule has 122 valence electrons. The van der Waals surface area contributed by atoms with E-state index in [4.69, 9.17) is 0 Å². The Morgan fingerprint density at radius 1 is 1.22 bits per heavy atom. The Morgan fingerprint density at radius 2 is 1.96 bits per heavy atom. The molecule has 1 saturated heterocycles. The van der Waals surface area contributed by atoms with Crippen molar-refractivity contribution in [1.82, 2.24) is 10.2 Å². The number of hydrogen-bond acceptors (Lipinski definition) is 4. The van der Waals surface area contributed by atoms with Crippen molar-refractivity contribution in [3.05, 3.63) is 35.4 Å². The SMILES string of the molecule is Cc1ccccc1C(=O)NC1CCCCC1N1C(=O)CSC1=O. The van der Waals surface area contributed by atoms with Gasteiger partial charge in [0.2, 0.25) is 5.91 Å². The number of rotatable bonds is 3. The van der Waals surface area contributed by atoms with Crippen LogP contribution in [-0.4, -0.2) is 39.8 Å². The molecule has 0 aromatic heterocycles. The Labute approximate surface area is 139 Å². The molecule has 2 unspecified atom stereocenters. The van der Waals surface area contributed by atoms with Crippen LogP contribution in [0, 0.1) is 6.92 Å². The Hall–Kier alpha value is -1.82. The van der Waals surface area contributed by atoms with Gasteiger partial charge < -0.3 is 5.32 Å². The molecule has 1 N–H and O–H groups in total. The van der Waals surface area contributed by atoms with Crippen molar-refractivity contribution in [2.75, 3.05) is 5.75 Å². The number of imide groups is 1. The summed E-state index contributed by atoms with van der Waals surface area (Å²) in [5.41, 5.74) is 1.56. The van der Waals surface area contributed by atoms with E-state index in [0.717, 1.165) is 43.0 Å². The second-order valence-corrected chi connectivity index (χ2v) is 6.99. The highest BCUT2D eigenvalue weighted by Crippen LogP contribution is 2.30. The summed E-state index contributed by atoms with van der Waals surface area (Å²) >= 11 is 1.05. The third kappa shape index (κ3) is 3.27. The van der Waals surface area contributed by atoms with Crippen LogP contribution in [0.5, 0.6) is 0 Å². The first-order valence-corrected chi connectivity index (χ1v) is 8.92. The Kier molecular flexibility index (Phi) is 4.71. The molecule has 3 amide bonds. The fourth-order valence-electron chi connectivity index (χ4n) is 3.35. The monoisotopic (exact) mass is 332 g/mol. The zero-order valence-corrected chi connectivity index (χ0v) is 13.9. The van der Waals surface area contributed by atoms with Gasteiger partial charge in [0.1, 0.15) is 0 Å². The van der Waals surface area contributed by atoms with Gasteiger partial charge in [0, 0.05) is 5.56 Å². The average molecular weight is 332 g/mol. The normalized spacial score (nSPS) is 24.8. The van der Waals surface area contributed by atoms with Crippen molar-refractivity contribution in [2.45, 2.75) is 44.7 Å². The number of aryl methyl sites for hydroxylation is 1. The van der Waals surface area contributed by atoms with E-state index in [1.54, 1.807) is 6.07 Å². The summed E-state index contributed by atoms with van der Waals surface area (Å²) in [5.74, 6) is -0.0536. The predicted octanol–water partition coefficient (Wildman–Crippen LogP) is 2.73. The van der Waals surface area contributed by atoms with Crippen LogP contribution in [0.2, 0.25) is 0 Å². The molecule has 1 saturated carbocycles. The van der Waals surface area contributed by atoms with Crippen LogP contribution in [-0.2, 0) is 4.79 Å². The average Bonchev–Trinajstić information content (AvgIpc) is 2.87. The second kappa shape index (κ2) is 6.74. The number of hydrogen-bond donors (Lipinski definition) is 1. The number of nitrogens with one attached hydrogen (secondary N) is 1. The maximum absolute atomic E-state index is 12.6. The van der Waals surface area contributed by atoms with E-state index in [9.17, 15) is 14.4 Å². The van der Waals surface area contributed by atoms with Gasteiger partial charge in [-0.2, -0.15) is 0 Å². The van der Waals surface area contributed by atoms with E-state index in [1.165, 1.54) is 4.90 Å². The molecule has 2 atom stereocenters. The summed E-state index contributed by atoms with van der Waals surface area (Å²) in [4.78, 5) is 37.9. The summed E-state index contributed by atoms with van der Waals surface area (Å²) in [7, 11) is 0. The highest BCUT2D eigenvalue weighted by molar-refractivity contribution is 8.14. The van der Waals surface area contributed by atoms with Crippen LogP contribution in [0.4, 0.5) is 4.79 Å². The van der Waals surface area contributed by atoms with Crippen LogP contribution in [0.25, 0.3) is 0 Å². The van der Waals surface area contributed by atoms with Crippen LogP contribution in [0.1, 0.15) is 41.6 Å². The summed E-state index contributed by atoms with van der Waals surface area (Å²) < 4.78 is 0. The fourth-order valence-corrected chi connectivity index (χ4v) is 4.11. The van der Waals surface area contributed by atoms with E-state index in [0.29, 0.717) is 5.56 Å². The Bertz CT molecular complexity index is 630. The van der Waals surface area contributed by atoms with Crippen molar-refractivity contribution >= 4 is 28.8 Å². The van der Waals surface area contributed by atoms with Gasteiger partial charge in [-0.1, -0.05) is 42.8 Å². The van der Waals surface area contributed by atoms with Gasteiger partial charge in [0.05, 0.1) is 17.8 Å². The zero-order chi connectivity index (χ0) is 16.4. The van der Waals surface area contributed by atoms with Crippen LogP contribution >= 0.6 is 11.8 Å². The Balaban J connectivity index is 1.77. The first-order chi connectivity index (χ1) is 11.1. The molecule has 23 heavy (non-hydrogen) atoms. The molecule has 6 heteroatoms. The number of thioether (sulfide) groups is 1. The lowest BCUT2D eigenvalue weighted by molar-refractivity contribution is -0.127. The predicted molar refractivity (Wildman–Crippen MR) is 89.4 cm³/mol. The highest BCUT2D eigenvalue weighted by atomic mass is 32.2. The third-order valence-electron chi connectivity index (χ3n) is 4.55. The first-order valence-electron chi connectivity index (χ1n) is 7.93. The minimum Gasteiger partial charge on any atom is -0.347 e. The number of benzene rings is 1. The molecule has 0 spiro atoms. The molecule has 1 aliphatic heterocycles. The van der Waals surface area contributed by atoms with E-state index >= 15 is 0 Å². The maximum atomic E-state index is 12.6. The lowest BCUT2D eigenvalue weighted by atomic mass is 9.89. The Morgan fingerprint density at radius 3 is 2.65 bits per heavy atom. The van der Waals surface area contributed by atoms with Crippen LogP contribution in [0.3, 0.4) is 0 Å². The largest absolute Gasteiger partial charge is 0.347 e. The van der Waals surface area contributed by atoms with Gasteiger partial charge in [-0.05, 0) is 31.4 Å². The zero-order valence-electron chi connectivity index (χ0n) is 13.1. The molecule has 1 aromatic rings. The van der Waals surface area contributed by atoms with Gasteiger partial charge in [-0.25, -0.2) is 0 Å². The molecule has 1 aliphatic carbocycles. The fraction of sp³-hybridized carbons (Fsp3) is 0.471. The number of carbonyl (C=O) groups is 3. The molecule has 2 fully saturated rings. The smallest absolute Gasteiger partial charge is 0.289 e. The molecule has 3 rings (SSSR count). The summed E-state index contributed by atoms with van der Waals surface area (Å²) in [5, 5.41) is 2.87. The number of amides is 3. The van der Waals surface area contributed by atoms with Crippen LogP contribution in [0.15, 0.2) is 24.3 Å². The van der Waals surface area contributed by atoms with E-state index < -0.39 is 0 Å². The van der Waals surface area contributed by atoms with Gasteiger partial charge >= 0.3 is 0 Å². The van der Waals surface area contributed by atoms with Crippen molar-refractivity contribution < 1.29 is 14.4 Å². The highest BCUT2D eigenvalue weighted by Gasteiger charge is 2.41. The van der Waals surface area contributed by atoms with Gasteiger partial charge in [0.15, 0.2) is 0 Å². The summed E-state index contributed by atoms with van der Waals surface area (Å²) in [6.07, 6.45) is 3.53. The quantitative estimate of drug-likeness (QED) is 0.924. The van der Waals surface area contributed by atoms with E-state index in [2.05, 4.69) is 5.32 Å². The van der Waals surface area contributed by atoms with Crippen molar-refractivity contribution in [3.63, 3.8) is 0 Å². The molecule has 1 heterocycles. The van der Waals surface area contributed by atoms with Crippen molar-refractivity contribution in [3.8, 4) is 0 Å². The summed E-state index contributed by atoms with van der Waals surface area (Å²) in [6, 6.07) is 7.05. The maximum Gasteiger partial charge on any atom is 0.289 e. The standard InChI is InChI=1S/C17H20N2O3S/c1-11-6-2-3-7-12(11)16(21)18-13-8-4-5-9-14(13)19-15(20)10-23-17(19)22/h2-3,6-7,13-14H,4-5,8-10H2,1H3,(H,18,21). The molecule has 0 bridgehead atoms. The second-order valence-electron chi connectivity index (χ2n) is 6.07. The van der Waals surface area contributed by atoms with Gasteiger partial charge in [-0.3, -0.25) is 19.3 Å². The molecule has 2 aliphatic rings.